The average molecular weight is 386 g/mol. The summed E-state index contributed by atoms with van der Waals surface area (Å²) in [6.07, 6.45) is 4.57. The molecule has 2 aliphatic heterocycles. The highest BCUT2D eigenvalue weighted by molar-refractivity contribution is 5.80. The molecule has 1 amide bonds. The lowest BCUT2D eigenvalue weighted by Crippen LogP contribution is -2.54. The molecule has 2 fully saturated rings. The standard InChI is InChI=1S/C22H35N5O/c1-19-6-8-20(9-7-19)10-11-24-22(23-2)27-16-14-25(15-17-27)18-21(28)26-12-4-3-5-13-26/h6-9H,3-5,10-18H2,1-2H3,(H,23,24). The van der Waals surface area contributed by atoms with Crippen LogP contribution in [0.1, 0.15) is 30.4 Å². The Kier molecular flexibility index (Phi) is 7.71. The van der Waals surface area contributed by atoms with Crippen LogP contribution in [0, 0.1) is 6.92 Å². The molecule has 28 heavy (non-hydrogen) atoms. The predicted octanol–water partition coefficient (Wildman–Crippen LogP) is 1.74. The fourth-order valence-electron chi connectivity index (χ4n) is 3.96. The van der Waals surface area contributed by atoms with Crippen LogP contribution < -0.4 is 5.32 Å². The van der Waals surface area contributed by atoms with Crippen LogP contribution in [-0.4, -0.2) is 86.0 Å². The third kappa shape index (κ3) is 5.96. The summed E-state index contributed by atoms with van der Waals surface area (Å²) in [4.78, 5) is 23.6. The number of guanidine groups is 1. The minimum atomic E-state index is 0.300. The molecule has 0 atom stereocenters. The van der Waals surface area contributed by atoms with Crippen LogP contribution in [0.5, 0.6) is 0 Å². The molecule has 154 valence electrons. The molecule has 0 aromatic heterocycles. The second-order valence-corrected chi connectivity index (χ2v) is 7.91. The van der Waals surface area contributed by atoms with Gasteiger partial charge in [-0.25, -0.2) is 0 Å². The summed E-state index contributed by atoms with van der Waals surface area (Å²) in [5.74, 6) is 1.27. The van der Waals surface area contributed by atoms with Gasteiger partial charge in [0.05, 0.1) is 6.54 Å². The Morgan fingerprint density at radius 3 is 2.29 bits per heavy atom. The highest BCUT2D eigenvalue weighted by Crippen LogP contribution is 2.10. The second kappa shape index (κ2) is 10.5. The molecular weight excluding hydrogens is 350 g/mol. The number of hydrogen-bond donors (Lipinski definition) is 1. The number of piperidine rings is 1. The number of aliphatic imine (C=N–C) groups is 1. The number of carbonyl (C=O) groups is 1. The van der Waals surface area contributed by atoms with Crippen molar-refractivity contribution in [3.05, 3.63) is 35.4 Å². The van der Waals surface area contributed by atoms with Crippen LogP contribution in [0.2, 0.25) is 0 Å². The van der Waals surface area contributed by atoms with E-state index in [0.29, 0.717) is 12.5 Å². The van der Waals surface area contributed by atoms with Crippen molar-refractivity contribution < 1.29 is 4.79 Å². The predicted molar refractivity (Wildman–Crippen MR) is 115 cm³/mol. The van der Waals surface area contributed by atoms with E-state index in [0.717, 1.165) is 71.0 Å². The topological polar surface area (TPSA) is 51.2 Å². The number of amides is 1. The molecule has 6 heteroatoms. The maximum atomic E-state index is 12.5. The van der Waals surface area contributed by atoms with Gasteiger partial charge in [0, 0.05) is 52.9 Å². The van der Waals surface area contributed by atoms with Crippen LogP contribution in [0.25, 0.3) is 0 Å². The molecule has 6 nitrogen and oxygen atoms in total. The van der Waals surface area contributed by atoms with Crippen molar-refractivity contribution >= 4 is 11.9 Å². The molecule has 2 saturated heterocycles. The highest BCUT2D eigenvalue weighted by Gasteiger charge is 2.23. The number of carbonyl (C=O) groups excluding carboxylic acids is 1. The number of likely N-dealkylation sites (tertiary alicyclic amines) is 1. The summed E-state index contributed by atoms with van der Waals surface area (Å²) in [6.45, 7) is 9.10. The van der Waals surface area contributed by atoms with Gasteiger partial charge in [-0.15, -0.1) is 0 Å². The van der Waals surface area contributed by atoms with E-state index in [9.17, 15) is 4.79 Å². The molecule has 2 heterocycles. The first-order valence-electron chi connectivity index (χ1n) is 10.7. The lowest BCUT2D eigenvalue weighted by atomic mass is 10.1. The van der Waals surface area contributed by atoms with Gasteiger partial charge in [-0.3, -0.25) is 14.7 Å². The molecule has 0 spiro atoms. The fraction of sp³-hybridized carbons (Fsp3) is 0.636. The summed E-state index contributed by atoms with van der Waals surface area (Å²) >= 11 is 0. The molecule has 1 aromatic rings. The molecule has 0 radical (unpaired) electrons. The Hall–Kier alpha value is -2.08. The van der Waals surface area contributed by atoms with Gasteiger partial charge in [0.15, 0.2) is 5.96 Å². The molecule has 2 aliphatic rings. The highest BCUT2D eigenvalue weighted by atomic mass is 16.2. The van der Waals surface area contributed by atoms with Crippen molar-refractivity contribution in [1.82, 2.24) is 20.0 Å². The van der Waals surface area contributed by atoms with Gasteiger partial charge in [0.25, 0.3) is 0 Å². The number of benzene rings is 1. The first kappa shape index (κ1) is 20.6. The summed E-state index contributed by atoms with van der Waals surface area (Å²) in [5.41, 5.74) is 2.64. The van der Waals surface area contributed by atoms with Crippen LogP contribution in [0.3, 0.4) is 0 Å². The van der Waals surface area contributed by atoms with E-state index in [4.69, 9.17) is 0 Å². The van der Waals surface area contributed by atoms with E-state index in [-0.39, 0.29) is 0 Å². The molecule has 0 aliphatic carbocycles. The molecule has 1 aromatic carbocycles. The Labute approximate surface area is 169 Å². The van der Waals surface area contributed by atoms with Crippen LogP contribution in [-0.2, 0) is 11.2 Å². The molecule has 0 saturated carbocycles. The van der Waals surface area contributed by atoms with Crippen LogP contribution >= 0.6 is 0 Å². The van der Waals surface area contributed by atoms with Gasteiger partial charge in [0.1, 0.15) is 0 Å². The number of rotatable bonds is 5. The Bertz CT molecular complexity index is 643. The molecule has 1 N–H and O–H groups in total. The lowest BCUT2D eigenvalue weighted by Gasteiger charge is -2.37. The first-order valence-corrected chi connectivity index (χ1v) is 10.7. The zero-order valence-electron chi connectivity index (χ0n) is 17.5. The van der Waals surface area contributed by atoms with E-state index >= 15 is 0 Å². The normalized spacial score (nSPS) is 19.0. The van der Waals surface area contributed by atoms with E-state index in [2.05, 4.69) is 51.3 Å². The molecule has 3 rings (SSSR count). The van der Waals surface area contributed by atoms with Crippen molar-refractivity contribution in [1.29, 1.82) is 0 Å². The fourth-order valence-corrected chi connectivity index (χ4v) is 3.96. The quantitative estimate of drug-likeness (QED) is 0.620. The van der Waals surface area contributed by atoms with Crippen molar-refractivity contribution in [2.75, 3.05) is 59.4 Å². The van der Waals surface area contributed by atoms with Gasteiger partial charge < -0.3 is 15.1 Å². The summed E-state index contributed by atoms with van der Waals surface area (Å²) in [6, 6.07) is 8.71. The van der Waals surface area contributed by atoms with Gasteiger partial charge in [-0.2, -0.15) is 0 Å². The Balaban J connectivity index is 1.38. The third-order valence-electron chi connectivity index (χ3n) is 5.77. The zero-order valence-corrected chi connectivity index (χ0v) is 17.5. The SMILES string of the molecule is CN=C(NCCc1ccc(C)cc1)N1CCN(CC(=O)N2CCCCC2)CC1. The third-order valence-corrected chi connectivity index (χ3v) is 5.77. The van der Waals surface area contributed by atoms with Gasteiger partial charge in [-0.05, 0) is 38.2 Å². The van der Waals surface area contributed by atoms with Crippen molar-refractivity contribution in [3.8, 4) is 0 Å². The molecular formula is C22H35N5O. The monoisotopic (exact) mass is 385 g/mol. The smallest absolute Gasteiger partial charge is 0.236 e. The van der Waals surface area contributed by atoms with Crippen molar-refractivity contribution in [2.24, 2.45) is 4.99 Å². The second-order valence-electron chi connectivity index (χ2n) is 7.91. The van der Waals surface area contributed by atoms with Crippen molar-refractivity contribution in [2.45, 2.75) is 32.6 Å². The molecule has 0 unspecified atom stereocenters. The Morgan fingerprint density at radius 1 is 0.964 bits per heavy atom. The number of aryl methyl sites for hydroxylation is 1. The minimum absolute atomic E-state index is 0.300. The summed E-state index contributed by atoms with van der Waals surface area (Å²) in [5, 5.41) is 3.49. The Morgan fingerprint density at radius 2 is 1.64 bits per heavy atom. The van der Waals surface area contributed by atoms with E-state index in [1.165, 1.54) is 17.5 Å². The number of piperazine rings is 1. The average Bonchev–Trinajstić information content (AvgIpc) is 2.74. The lowest BCUT2D eigenvalue weighted by molar-refractivity contribution is -0.133. The largest absolute Gasteiger partial charge is 0.356 e. The maximum absolute atomic E-state index is 12.5. The first-order chi connectivity index (χ1) is 13.7. The van der Waals surface area contributed by atoms with E-state index < -0.39 is 0 Å². The summed E-state index contributed by atoms with van der Waals surface area (Å²) in [7, 11) is 1.85. The van der Waals surface area contributed by atoms with E-state index in [1.807, 2.05) is 11.9 Å². The van der Waals surface area contributed by atoms with Gasteiger partial charge >= 0.3 is 0 Å². The van der Waals surface area contributed by atoms with Crippen LogP contribution in [0.15, 0.2) is 29.3 Å². The van der Waals surface area contributed by atoms with Crippen LogP contribution in [0.4, 0.5) is 0 Å². The summed E-state index contributed by atoms with van der Waals surface area (Å²) < 4.78 is 0. The van der Waals surface area contributed by atoms with E-state index in [1.54, 1.807) is 0 Å². The number of nitrogens with zero attached hydrogens (tertiary/aromatic N) is 4. The number of hydrogen-bond acceptors (Lipinski definition) is 3. The minimum Gasteiger partial charge on any atom is -0.356 e. The van der Waals surface area contributed by atoms with Crippen molar-refractivity contribution in [3.63, 3.8) is 0 Å². The van der Waals surface area contributed by atoms with Gasteiger partial charge in [0.2, 0.25) is 5.91 Å². The molecule has 0 bridgehead atoms. The zero-order chi connectivity index (χ0) is 19.8. The number of nitrogens with one attached hydrogen (secondary N) is 1. The van der Waals surface area contributed by atoms with Gasteiger partial charge in [-0.1, -0.05) is 29.8 Å². The maximum Gasteiger partial charge on any atom is 0.236 e.